The minimum absolute atomic E-state index is 0.0198. The number of carbonyl (C=O) groups is 1. The highest BCUT2D eigenvalue weighted by Crippen LogP contribution is 2.31. The van der Waals surface area contributed by atoms with Gasteiger partial charge in [0.1, 0.15) is 0 Å². The summed E-state index contributed by atoms with van der Waals surface area (Å²) in [4.78, 5) is 17.1. The third-order valence-corrected chi connectivity index (χ3v) is 4.15. The third kappa shape index (κ3) is 3.29. The van der Waals surface area contributed by atoms with E-state index in [-0.39, 0.29) is 24.7 Å². The first kappa shape index (κ1) is 16.9. The minimum atomic E-state index is -4.51. The van der Waals surface area contributed by atoms with Crippen molar-refractivity contribution in [3.05, 3.63) is 46.0 Å². The molecule has 1 aromatic heterocycles. The van der Waals surface area contributed by atoms with Crippen molar-refractivity contribution in [2.75, 3.05) is 11.9 Å². The van der Waals surface area contributed by atoms with E-state index in [1.807, 2.05) is 0 Å². The van der Waals surface area contributed by atoms with Crippen LogP contribution in [-0.2, 0) is 19.3 Å². The Labute approximate surface area is 145 Å². The quantitative estimate of drug-likeness (QED) is 0.805. The van der Waals surface area contributed by atoms with Gasteiger partial charge < -0.3 is 14.8 Å². The van der Waals surface area contributed by atoms with Gasteiger partial charge >= 0.3 is 12.2 Å². The number of urea groups is 1. The molecule has 10 heteroatoms. The van der Waals surface area contributed by atoms with Crippen LogP contribution < -0.4 is 5.32 Å². The number of amides is 2. The Morgan fingerprint density at radius 1 is 1.25 bits per heavy atom. The molecule has 0 unspecified atom stereocenters. The molecule has 1 aliphatic rings. The van der Waals surface area contributed by atoms with E-state index < -0.39 is 18.0 Å². The smallest absolute Gasteiger partial charge is 0.321 e. The Kier molecular flexibility index (Phi) is 4.35. The largest absolute Gasteiger partial charge is 0.449 e. The van der Waals surface area contributed by atoms with Crippen LogP contribution in [0.3, 0.4) is 0 Å². The molecule has 2 heterocycles. The van der Waals surface area contributed by atoms with Crippen molar-refractivity contribution in [2.24, 2.45) is 0 Å². The second-order valence-electron chi connectivity index (χ2n) is 5.20. The van der Waals surface area contributed by atoms with Crippen LogP contribution in [-0.4, -0.2) is 27.0 Å². The van der Waals surface area contributed by atoms with Crippen LogP contribution in [0.25, 0.3) is 0 Å². The van der Waals surface area contributed by atoms with Crippen molar-refractivity contribution >= 4 is 34.9 Å². The molecule has 0 fully saturated rings. The first-order valence-electron chi connectivity index (χ1n) is 6.88. The van der Waals surface area contributed by atoms with Crippen molar-refractivity contribution < 1.29 is 18.0 Å². The molecule has 1 aliphatic heterocycles. The van der Waals surface area contributed by atoms with Gasteiger partial charge in [-0.25, -0.2) is 9.78 Å². The molecule has 3 rings (SSSR count). The summed E-state index contributed by atoms with van der Waals surface area (Å²) in [5.41, 5.74) is 0.701. The average molecular weight is 379 g/mol. The van der Waals surface area contributed by atoms with Crippen molar-refractivity contribution in [1.29, 1.82) is 0 Å². The predicted octanol–water partition coefficient (Wildman–Crippen LogP) is 4.26. The van der Waals surface area contributed by atoms with Crippen LogP contribution in [0.2, 0.25) is 10.0 Å². The van der Waals surface area contributed by atoms with E-state index >= 15 is 0 Å². The van der Waals surface area contributed by atoms with E-state index in [1.165, 1.54) is 11.0 Å². The molecule has 0 saturated heterocycles. The number of carbonyl (C=O) groups excluding carboxylic acids is 1. The molecule has 128 valence electrons. The number of rotatable bonds is 1. The van der Waals surface area contributed by atoms with Crippen molar-refractivity contribution in [1.82, 2.24) is 14.5 Å². The Bertz CT molecular complexity index is 791. The number of halogens is 5. The Morgan fingerprint density at radius 2 is 2.00 bits per heavy atom. The van der Waals surface area contributed by atoms with Gasteiger partial charge in [-0.3, -0.25) is 0 Å². The lowest BCUT2D eigenvalue weighted by Gasteiger charge is -2.29. The molecular weight excluding hydrogens is 368 g/mol. The van der Waals surface area contributed by atoms with E-state index in [1.54, 1.807) is 12.1 Å². The predicted molar refractivity (Wildman–Crippen MR) is 83.1 cm³/mol. The number of nitrogens with one attached hydrogen (secondary N) is 1. The van der Waals surface area contributed by atoms with Crippen molar-refractivity contribution in [3.63, 3.8) is 0 Å². The molecule has 0 atom stereocenters. The summed E-state index contributed by atoms with van der Waals surface area (Å²) in [6.07, 6.45) is -3.38. The molecule has 0 bridgehead atoms. The zero-order valence-corrected chi connectivity index (χ0v) is 13.6. The lowest BCUT2D eigenvalue weighted by Crippen LogP contribution is -2.41. The summed E-state index contributed by atoms with van der Waals surface area (Å²) in [5, 5.41) is 3.32. The number of nitrogens with zero attached hydrogens (tertiary/aromatic N) is 3. The standard InChI is InChI=1S/C14H11Cl2F3N4O/c15-8-1-2-11(10(16)5-8)21-13(24)22-3-4-23-9(7-22)6-20-12(23)14(17,18)19/h1-2,5-6H,3-4,7H2,(H,21,24). The lowest BCUT2D eigenvalue weighted by atomic mass is 10.3. The van der Waals surface area contributed by atoms with Gasteiger partial charge in [-0.05, 0) is 18.2 Å². The van der Waals surface area contributed by atoms with Gasteiger partial charge in [0, 0.05) is 18.1 Å². The SMILES string of the molecule is O=C(Nc1ccc(Cl)cc1Cl)N1CCn2c(cnc2C(F)(F)F)C1. The maximum Gasteiger partial charge on any atom is 0.449 e. The van der Waals surface area contributed by atoms with E-state index in [4.69, 9.17) is 23.2 Å². The average Bonchev–Trinajstić information content (AvgIpc) is 2.93. The third-order valence-electron chi connectivity index (χ3n) is 3.60. The zero-order chi connectivity index (χ0) is 17.5. The second-order valence-corrected chi connectivity index (χ2v) is 6.04. The van der Waals surface area contributed by atoms with Crippen LogP contribution in [0.1, 0.15) is 11.5 Å². The molecule has 2 aromatic rings. The minimum Gasteiger partial charge on any atom is -0.321 e. The molecule has 0 aliphatic carbocycles. The van der Waals surface area contributed by atoms with Gasteiger partial charge in [0.2, 0.25) is 5.82 Å². The van der Waals surface area contributed by atoms with Crippen LogP contribution in [0.5, 0.6) is 0 Å². The number of fused-ring (bicyclic) bond motifs is 1. The van der Waals surface area contributed by atoms with E-state index in [0.29, 0.717) is 16.4 Å². The van der Waals surface area contributed by atoms with Gasteiger partial charge in [0.05, 0.1) is 29.1 Å². The summed E-state index contributed by atoms with van der Waals surface area (Å²) in [5.74, 6) is -0.946. The number of alkyl halides is 3. The Morgan fingerprint density at radius 3 is 2.67 bits per heavy atom. The number of benzene rings is 1. The molecule has 1 aromatic carbocycles. The number of imidazole rings is 1. The molecule has 24 heavy (non-hydrogen) atoms. The molecule has 2 amide bonds. The Hall–Kier alpha value is -1.93. The number of hydrogen-bond acceptors (Lipinski definition) is 2. The van der Waals surface area contributed by atoms with Gasteiger partial charge in [-0.2, -0.15) is 13.2 Å². The topological polar surface area (TPSA) is 50.2 Å². The number of anilines is 1. The lowest BCUT2D eigenvalue weighted by molar-refractivity contribution is -0.147. The molecule has 5 nitrogen and oxygen atoms in total. The fourth-order valence-electron chi connectivity index (χ4n) is 2.47. The highest BCUT2D eigenvalue weighted by atomic mass is 35.5. The van der Waals surface area contributed by atoms with Gasteiger partial charge in [-0.1, -0.05) is 23.2 Å². The zero-order valence-electron chi connectivity index (χ0n) is 12.1. The summed E-state index contributed by atoms with van der Waals surface area (Å²) in [7, 11) is 0. The van der Waals surface area contributed by atoms with E-state index in [9.17, 15) is 18.0 Å². The fourth-order valence-corrected chi connectivity index (χ4v) is 2.92. The normalized spacial score (nSPS) is 14.5. The van der Waals surface area contributed by atoms with Crippen molar-refractivity contribution in [2.45, 2.75) is 19.3 Å². The first-order valence-corrected chi connectivity index (χ1v) is 7.64. The van der Waals surface area contributed by atoms with E-state index in [2.05, 4.69) is 10.3 Å². The molecule has 0 radical (unpaired) electrons. The summed E-state index contributed by atoms with van der Waals surface area (Å²) in [6, 6.07) is 4.16. The molecule has 1 N–H and O–H groups in total. The monoisotopic (exact) mass is 378 g/mol. The van der Waals surface area contributed by atoms with Crippen LogP contribution in [0.15, 0.2) is 24.4 Å². The van der Waals surface area contributed by atoms with Crippen LogP contribution in [0, 0.1) is 0 Å². The maximum atomic E-state index is 12.8. The van der Waals surface area contributed by atoms with Crippen LogP contribution in [0.4, 0.5) is 23.7 Å². The van der Waals surface area contributed by atoms with E-state index in [0.717, 1.165) is 10.8 Å². The van der Waals surface area contributed by atoms with Gasteiger partial charge in [0.15, 0.2) is 0 Å². The Balaban J connectivity index is 1.73. The van der Waals surface area contributed by atoms with Gasteiger partial charge in [-0.15, -0.1) is 0 Å². The molecule has 0 spiro atoms. The summed E-state index contributed by atoms with van der Waals surface area (Å²) in [6.45, 7) is 0.176. The maximum absolute atomic E-state index is 12.8. The number of hydrogen-bond donors (Lipinski definition) is 1. The van der Waals surface area contributed by atoms with Crippen LogP contribution >= 0.6 is 23.2 Å². The van der Waals surface area contributed by atoms with Gasteiger partial charge in [0.25, 0.3) is 0 Å². The summed E-state index contributed by atoms with van der Waals surface area (Å²) < 4.78 is 39.6. The highest BCUT2D eigenvalue weighted by Gasteiger charge is 2.38. The summed E-state index contributed by atoms with van der Waals surface area (Å²) >= 11 is 11.8. The van der Waals surface area contributed by atoms with Crippen molar-refractivity contribution in [3.8, 4) is 0 Å². The fraction of sp³-hybridized carbons (Fsp3) is 0.286. The first-order chi connectivity index (χ1) is 11.3. The highest BCUT2D eigenvalue weighted by molar-refractivity contribution is 6.36. The molecular formula is C14H11Cl2F3N4O. The number of aromatic nitrogens is 2. The second kappa shape index (κ2) is 6.18. The molecule has 0 saturated carbocycles.